The van der Waals surface area contributed by atoms with Gasteiger partial charge in [-0.05, 0) is 36.2 Å². The normalized spacial score (nSPS) is 15.5. The fraction of sp³-hybridized carbons (Fsp3) is 0.192. The lowest BCUT2D eigenvalue weighted by molar-refractivity contribution is -0.119. The molecule has 5 nitrogen and oxygen atoms in total. The first kappa shape index (κ1) is 19.2. The Bertz CT molecular complexity index is 1330. The van der Waals surface area contributed by atoms with Crippen molar-refractivity contribution in [3.05, 3.63) is 106 Å². The Morgan fingerprint density at radius 1 is 0.871 bits per heavy atom. The van der Waals surface area contributed by atoms with E-state index in [4.69, 9.17) is 4.98 Å². The highest BCUT2D eigenvalue weighted by atomic mass is 16.2. The third-order valence-electron chi connectivity index (χ3n) is 5.99. The second kappa shape index (κ2) is 7.84. The van der Waals surface area contributed by atoms with Gasteiger partial charge < -0.3 is 4.90 Å². The molecule has 4 aromatic rings. The molecule has 0 spiro atoms. The molecule has 31 heavy (non-hydrogen) atoms. The molecule has 0 saturated heterocycles. The van der Waals surface area contributed by atoms with Gasteiger partial charge in [-0.3, -0.25) is 14.2 Å². The Labute approximate surface area is 180 Å². The molecule has 0 saturated carbocycles. The van der Waals surface area contributed by atoms with Gasteiger partial charge in [0.05, 0.1) is 23.4 Å². The fourth-order valence-corrected chi connectivity index (χ4v) is 4.47. The van der Waals surface area contributed by atoms with Crippen LogP contribution in [0.5, 0.6) is 0 Å². The number of carbonyl (C=O) groups is 1. The molecule has 5 rings (SSSR count). The van der Waals surface area contributed by atoms with Crippen molar-refractivity contribution in [2.24, 2.45) is 0 Å². The Balaban J connectivity index is 1.55. The van der Waals surface area contributed by atoms with Crippen LogP contribution in [0.2, 0.25) is 0 Å². The van der Waals surface area contributed by atoms with Crippen molar-refractivity contribution in [3.8, 4) is 0 Å². The van der Waals surface area contributed by atoms with Crippen molar-refractivity contribution in [2.75, 3.05) is 4.90 Å². The van der Waals surface area contributed by atoms with Crippen LogP contribution < -0.4 is 10.5 Å². The average molecular weight is 409 g/mol. The van der Waals surface area contributed by atoms with E-state index in [1.807, 2.05) is 84.6 Å². The van der Waals surface area contributed by atoms with Crippen LogP contribution in [-0.4, -0.2) is 15.5 Å². The summed E-state index contributed by atoms with van der Waals surface area (Å²) in [6.07, 6.45) is 0.398. The van der Waals surface area contributed by atoms with Crippen LogP contribution in [-0.2, 0) is 24.3 Å². The van der Waals surface area contributed by atoms with E-state index in [1.165, 1.54) is 0 Å². The standard InChI is InChI=1S/C26H23N3O2/c1-2-28-24(27-22-14-8-6-13-20(22)25(28)30)16-21-19-12-7-9-15-23(19)29(26(21)31)17-18-10-4-3-5-11-18/h3-15,21H,2,16-17H2,1H3/t21-/m0/s1. The smallest absolute Gasteiger partial charge is 0.261 e. The molecule has 1 aliphatic heterocycles. The predicted octanol–water partition coefficient (Wildman–Crippen LogP) is 4.29. The molecular formula is C26H23N3O2. The summed E-state index contributed by atoms with van der Waals surface area (Å²) in [7, 11) is 0. The van der Waals surface area contributed by atoms with Crippen LogP contribution in [0.4, 0.5) is 5.69 Å². The first-order valence-corrected chi connectivity index (χ1v) is 10.6. The predicted molar refractivity (Wildman–Crippen MR) is 122 cm³/mol. The van der Waals surface area contributed by atoms with Crippen molar-refractivity contribution in [3.63, 3.8) is 0 Å². The highest BCUT2D eigenvalue weighted by Crippen LogP contribution is 2.39. The van der Waals surface area contributed by atoms with Gasteiger partial charge in [0.25, 0.3) is 5.56 Å². The van der Waals surface area contributed by atoms with E-state index in [9.17, 15) is 9.59 Å². The second-order valence-corrected chi connectivity index (χ2v) is 7.82. The minimum absolute atomic E-state index is 0.0510. The highest BCUT2D eigenvalue weighted by molar-refractivity contribution is 6.05. The molecule has 1 aromatic heterocycles. The number of hydrogen-bond acceptors (Lipinski definition) is 3. The number of anilines is 1. The van der Waals surface area contributed by atoms with Crippen LogP contribution >= 0.6 is 0 Å². The maximum atomic E-state index is 13.5. The molecule has 0 aliphatic carbocycles. The quantitative estimate of drug-likeness (QED) is 0.494. The maximum Gasteiger partial charge on any atom is 0.261 e. The van der Waals surface area contributed by atoms with Crippen LogP contribution in [0.3, 0.4) is 0 Å². The highest BCUT2D eigenvalue weighted by Gasteiger charge is 2.37. The van der Waals surface area contributed by atoms with Crippen LogP contribution in [0.15, 0.2) is 83.7 Å². The molecule has 0 unspecified atom stereocenters. The van der Waals surface area contributed by atoms with Gasteiger partial charge in [0, 0.05) is 18.7 Å². The average Bonchev–Trinajstić information content (AvgIpc) is 3.06. The Morgan fingerprint density at radius 3 is 2.39 bits per heavy atom. The van der Waals surface area contributed by atoms with E-state index < -0.39 is 0 Å². The van der Waals surface area contributed by atoms with Gasteiger partial charge in [-0.1, -0.05) is 60.7 Å². The molecule has 3 aromatic carbocycles. The zero-order chi connectivity index (χ0) is 21.4. The van der Waals surface area contributed by atoms with E-state index in [0.717, 1.165) is 16.8 Å². The Kier molecular flexibility index (Phi) is 4.86. The van der Waals surface area contributed by atoms with E-state index >= 15 is 0 Å². The topological polar surface area (TPSA) is 55.2 Å². The second-order valence-electron chi connectivity index (χ2n) is 7.82. The molecule has 154 valence electrons. The Morgan fingerprint density at radius 2 is 1.58 bits per heavy atom. The maximum absolute atomic E-state index is 13.5. The molecule has 1 amide bonds. The van der Waals surface area contributed by atoms with E-state index in [0.29, 0.717) is 36.2 Å². The van der Waals surface area contributed by atoms with Crippen LogP contribution in [0, 0.1) is 0 Å². The summed E-state index contributed by atoms with van der Waals surface area (Å²) in [6.45, 7) is 2.98. The number of rotatable bonds is 5. The summed E-state index contributed by atoms with van der Waals surface area (Å²) in [4.78, 5) is 33.2. The molecule has 0 fully saturated rings. The molecule has 1 atom stereocenters. The first-order chi connectivity index (χ1) is 15.2. The van der Waals surface area contributed by atoms with E-state index in [1.54, 1.807) is 10.6 Å². The SMILES string of the molecule is CCn1c(C[C@@H]2C(=O)N(Cc3ccccc3)c3ccccc32)nc2ccccc2c1=O. The minimum Gasteiger partial charge on any atom is -0.307 e. The first-order valence-electron chi connectivity index (χ1n) is 10.6. The van der Waals surface area contributed by atoms with Crippen molar-refractivity contribution >= 4 is 22.5 Å². The molecule has 0 radical (unpaired) electrons. The van der Waals surface area contributed by atoms with Crippen molar-refractivity contribution in [1.82, 2.24) is 9.55 Å². The number of fused-ring (bicyclic) bond motifs is 2. The van der Waals surface area contributed by atoms with Gasteiger partial charge in [-0.15, -0.1) is 0 Å². The monoisotopic (exact) mass is 409 g/mol. The zero-order valence-corrected chi connectivity index (χ0v) is 17.4. The van der Waals surface area contributed by atoms with Gasteiger partial charge in [0.1, 0.15) is 5.82 Å². The lowest BCUT2D eigenvalue weighted by Crippen LogP contribution is -2.31. The van der Waals surface area contributed by atoms with Gasteiger partial charge in [-0.25, -0.2) is 4.98 Å². The third kappa shape index (κ3) is 3.32. The van der Waals surface area contributed by atoms with Crippen molar-refractivity contribution in [2.45, 2.75) is 32.4 Å². The van der Waals surface area contributed by atoms with Gasteiger partial charge >= 0.3 is 0 Å². The lowest BCUT2D eigenvalue weighted by atomic mass is 9.96. The van der Waals surface area contributed by atoms with Crippen molar-refractivity contribution in [1.29, 1.82) is 0 Å². The fourth-order valence-electron chi connectivity index (χ4n) is 4.47. The molecule has 1 aliphatic rings. The molecule has 0 N–H and O–H groups in total. The number of aromatic nitrogens is 2. The van der Waals surface area contributed by atoms with Gasteiger partial charge in [0.2, 0.25) is 5.91 Å². The van der Waals surface area contributed by atoms with Crippen LogP contribution in [0.1, 0.15) is 29.8 Å². The zero-order valence-electron chi connectivity index (χ0n) is 17.4. The molecular weight excluding hydrogens is 386 g/mol. The summed E-state index contributed by atoms with van der Waals surface area (Å²) in [5, 5.41) is 0.608. The number of benzene rings is 3. The van der Waals surface area contributed by atoms with Crippen molar-refractivity contribution < 1.29 is 4.79 Å². The summed E-state index contributed by atoms with van der Waals surface area (Å²) >= 11 is 0. The third-order valence-corrected chi connectivity index (χ3v) is 5.99. The summed E-state index contributed by atoms with van der Waals surface area (Å²) in [6, 6.07) is 25.3. The van der Waals surface area contributed by atoms with Gasteiger partial charge in [-0.2, -0.15) is 0 Å². The number of nitrogens with zero attached hydrogens (tertiary/aromatic N) is 3. The number of carbonyl (C=O) groups excluding carboxylic acids is 1. The van der Waals surface area contributed by atoms with E-state index in [2.05, 4.69) is 0 Å². The lowest BCUT2D eigenvalue weighted by Gasteiger charge is -2.19. The summed E-state index contributed by atoms with van der Waals surface area (Å²) < 4.78 is 1.69. The molecule has 5 heteroatoms. The summed E-state index contributed by atoms with van der Waals surface area (Å²) in [5.74, 6) is 0.349. The largest absolute Gasteiger partial charge is 0.307 e. The van der Waals surface area contributed by atoms with E-state index in [-0.39, 0.29) is 17.4 Å². The molecule has 0 bridgehead atoms. The summed E-state index contributed by atoms with van der Waals surface area (Å²) in [5.41, 5.74) is 3.64. The number of hydrogen-bond donors (Lipinski definition) is 0. The number of amides is 1. The van der Waals surface area contributed by atoms with Gasteiger partial charge in [0.15, 0.2) is 0 Å². The van der Waals surface area contributed by atoms with Crippen LogP contribution in [0.25, 0.3) is 10.9 Å². The minimum atomic E-state index is -0.356. The molecule has 2 heterocycles. The Hall–Kier alpha value is -3.73. The number of para-hydroxylation sites is 2.